The van der Waals surface area contributed by atoms with Gasteiger partial charge in [0.2, 0.25) is 0 Å². The average molecular weight is 653 g/mol. The highest BCUT2D eigenvalue weighted by Crippen LogP contribution is 2.48. The Labute approximate surface area is 287 Å². The van der Waals surface area contributed by atoms with Gasteiger partial charge in [0, 0.05) is 51.5 Å². The molecule has 1 atom stereocenters. The maximum Gasteiger partial charge on any atom is 0.312 e. The number of benzene rings is 4. The predicted molar refractivity (Wildman–Crippen MR) is 194 cm³/mol. The molecule has 0 spiro atoms. The molecular weight excluding hydrogens is 613 g/mol. The van der Waals surface area contributed by atoms with Crippen molar-refractivity contribution in [1.82, 2.24) is 9.55 Å². The molecule has 0 fully saturated rings. The minimum absolute atomic E-state index is 0.195. The second kappa shape index (κ2) is 13.7. The van der Waals surface area contributed by atoms with Crippen LogP contribution in [0.15, 0.2) is 126 Å². The van der Waals surface area contributed by atoms with E-state index >= 15 is 0 Å². The second-order valence-electron chi connectivity index (χ2n) is 13.2. The third kappa shape index (κ3) is 6.76. The highest BCUT2D eigenvalue weighted by atomic mass is 32.2. The second-order valence-corrected chi connectivity index (χ2v) is 14.7. The summed E-state index contributed by atoms with van der Waals surface area (Å²) in [6.07, 6.45) is 3.38. The number of carbonyl (C=O) groups is 1. The summed E-state index contributed by atoms with van der Waals surface area (Å²) >= 11 is 1.91. The van der Waals surface area contributed by atoms with Crippen LogP contribution >= 0.6 is 11.8 Å². The fourth-order valence-electron chi connectivity index (χ4n) is 6.50. The number of aromatic nitrogens is 2. The van der Waals surface area contributed by atoms with Gasteiger partial charge < -0.3 is 14.0 Å². The maximum atomic E-state index is 13.6. The molecule has 0 saturated carbocycles. The van der Waals surface area contributed by atoms with Crippen LogP contribution in [0.2, 0.25) is 0 Å². The Morgan fingerprint density at radius 3 is 2.21 bits per heavy atom. The number of thioether (sulfide) groups is 1. The number of hydrogen-bond acceptors (Lipinski definition) is 5. The summed E-state index contributed by atoms with van der Waals surface area (Å²) in [7, 11) is 0. The molecule has 0 amide bonds. The topological polar surface area (TPSA) is 53.4 Å². The average Bonchev–Trinajstić information content (AvgIpc) is 3.39. The Morgan fingerprint density at radius 1 is 0.833 bits per heavy atom. The van der Waals surface area contributed by atoms with E-state index in [4.69, 9.17) is 14.5 Å². The van der Waals surface area contributed by atoms with Crippen LogP contribution in [-0.4, -0.2) is 20.8 Å². The van der Waals surface area contributed by atoms with Crippen molar-refractivity contribution in [2.45, 2.75) is 63.5 Å². The molecule has 1 aliphatic heterocycles. The summed E-state index contributed by atoms with van der Waals surface area (Å²) in [6.45, 7) is 7.65. The molecule has 0 radical (unpaired) electrons. The number of pyridine rings is 1. The lowest BCUT2D eigenvalue weighted by Crippen LogP contribution is -2.30. The van der Waals surface area contributed by atoms with Crippen LogP contribution < -0.4 is 4.74 Å². The van der Waals surface area contributed by atoms with Gasteiger partial charge in [-0.1, -0.05) is 104 Å². The number of carbonyl (C=O) groups excluding carboxylic acids is 1. The van der Waals surface area contributed by atoms with Gasteiger partial charge in [-0.15, -0.1) is 11.8 Å². The third-order valence-electron chi connectivity index (χ3n) is 9.03. The molecule has 242 valence electrons. The summed E-state index contributed by atoms with van der Waals surface area (Å²) < 4.78 is 14.8. The van der Waals surface area contributed by atoms with E-state index < -0.39 is 5.41 Å². The molecule has 3 heterocycles. The van der Waals surface area contributed by atoms with Crippen LogP contribution in [-0.2, 0) is 42.1 Å². The first-order valence-electron chi connectivity index (χ1n) is 16.6. The molecule has 0 bridgehead atoms. The van der Waals surface area contributed by atoms with Gasteiger partial charge in [0.25, 0.3) is 0 Å². The van der Waals surface area contributed by atoms with E-state index in [1.165, 1.54) is 32.6 Å². The Bertz CT molecular complexity index is 2020. The van der Waals surface area contributed by atoms with Gasteiger partial charge in [-0.05, 0) is 55.2 Å². The van der Waals surface area contributed by atoms with E-state index in [0.29, 0.717) is 24.8 Å². The Morgan fingerprint density at radius 2 is 1.52 bits per heavy atom. The molecule has 2 aromatic heterocycles. The van der Waals surface area contributed by atoms with Gasteiger partial charge in [-0.3, -0.25) is 9.78 Å². The van der Waals surface area contributed by atoms with Crippen molar-refractivity contribution in [3.05, 3.63) is 150 Å². The quantitative estimate of drug-likeness (QED) is 0.131. The molecule has 1 unspecified atom stereocenters. The zero-order chi connectivity index (χ0) is 33.1. The van der Waals surface area contributed by atoms with E-state index in [9.17, 15) is 4.79 Å². The lowest BCUT2D eigenvalue weighted by Gasteiger charge is -2.26. The van der Waals surface area contributed by atoms with Crippen molar-refractivity contribution in [3.63, 3.8) is 0 Å². The molecule has 6 heteroatoms. The van der Waals surface area contributed by atoms with E-state index in [1.807, 2.05) is 92.5 Å². The largest absolute Gasteiger partial charge is 0.487 e. The van der Waals surface area contributed by atoms with Crippen LogP contribution in [0.5, 0.6) is 5.75 Å². The molecule has 0 N–H and O–H groups in total. The zero-order valence-corrected chi connectivity index (χ0v) is 28.5. The van der Waals surface area contributed by atoms with Crippen LogP contribution in [0.3, 0.4) is 0 Å². The molecule has 4 aromatic carbocycles. The van der Waals surface area contributed by atoms with Gasteiger partial charge in [0.05, 0.1) is 16.6 Å². The van der Waals surface area contributed by atoms with E-state index in [-0.39, 0.29) is 12.6 Å². The van der Waals surface area contributed by atoms with Crippen molar-refractivity contribution in [1.29, 1.82) is 0 Å². The van der Waals surface area contributed by atoms with Gasteiger partial charge in [-0.2, -0.15) is 0 Å². The molecule has 6 aromatic rings. The summed E-state index contributed by atoms with van der Waals surface area (Å²) in [5.74, 6) is 0.703. The van der Waals surface area contributed by atoms with Gasteiger partial charge in [0.15, 0.2) is 0 Å². The maximum absolute atomic E-state index is 13.6. The number of rotatable bonds is 11. The van der Waals surface area contributed by atoms with Crippen LogP contribution in [0, 0.1) is 5.41 Å². The molecule has 5 nitrogen and oxygen atoms in total. The fraction of sp³-hybridized carbons (Fsp3) is 0.238. The lowest BCUT2D eigenvalue weighted by atomic mass is 9.87. The minimum atomic E-state index is -0.730. The standard InChI is InChI=1S/C42H40N2O3S/c1-29-23-35-38(46-28-34-20-19-33(25-43-34)32-17-11-6-12-18-32)22-21-36-39(35)40(48-29)37(44(36)26-30-13-7-4-8-14-30)24-42(2,3)41(45)47-27-31-15-9-5-10-16-31/h4-22,25,29H,23-24,26-28H2,1-3H3. The minimum Gasteiger partial charge on any atom is -0.487 e. The lowest BCUT2D eigenvalue weighted by molar-refractivity contribution is -0.155. The fourth-order valence-corrected chi connectivity index (χ4v) is 7.81. The van der Waals surface area contributed by atoms with Crippen molar-refractivity contribution in [3.8, 4) is 16.9 Å². The number of nitrogens with zero attached hydrogens (tertiary/aromatic N) is 2. The smallest absolute Gasteiger partial charge is 0.312 e. The van der Waals surface area contributed by atoms with Crippen LogP contribution in [0.1, 0.15) is 48.8 Å². The first kappa shape index (κ1) is 31.8. The molecular formula is C42H40N2O3S. The third-order valence-corrected chi connectivity index (χ3v) is 10.3. The summed E-state index contributed by atoms with van der Waals surface area (Å²) in [6, 6.07) is 39.2. The SMILES string of the molecule is CC1Cc2c(OCc3ccc(-c4ccccc4)cn3)ccc3c2c(c(CC(C)(C)C(=O)OCc2ccccc2)n3Cc2ccccc2)S1. The number of esters is 1. The van der Waals surface area contributed by atoms with Crippen LogP contribution in [0.4, 0.5) is 0 Å². The van der Waals surface area contributed by atoms with Crippen molar-refractivity contribution in [2.24, 2.45) is 5.41 Å². The summed E-state index contributed by atoms with van der Waals surface area (Å²) in [5.41, 5.74) is 8.17. The molecule has 0 aliphatic carbocycles. The predicted octanol–water partition coefficient (Wildman–Crippen LogP) is 9.68. The monoisotopic (exact) mass is 652 g/mol. The van der Waals surface area contributed by atoms with E-state index in [1.54, 1.807) is 0 Å². The number of ether oxygens (including phenoxy) is 2. The summed E-state index contributed by atoms with van der Waals surface area (Å²) in [4.78, 5) is 19.5. The Kier molecular flexibility index (Phi) is 9.09. The van der Waals surface area contributed by atoms with E-state index in [0.717, 1.165) is 34.6 Å². The van der Waals surface area contributed by atoms with Crippen molar-refractivity contribution >= 4 is 28.6 Å². The van der Waals surface area contributed by atoms with Crippen molar-refractivity contribution in [2.75, 3.05) is 0 Å². The normalized spacial score (nSPS) is 14.2. The first-order chi connectivity index (χ1) is 23.4. The van der Waals surface area contributed by atoms with Gasteiger partial charge in [0.1, 0.15) is 19.0 Å². The Balaban J connectivity index is 1.21. The molecule has 48 heavy (non-hydrogen) atoms. The van der Waals surface area contributed by atoms with Gasteiger partial charge >= 0.3 is 5.97 Å². The first-order valence-corrected chi connectivity index (χ1v) is 17.5. The molecule has 1 aliphatic rings. The highest BCUT2D eigenvalue weighted by Gasteiger charge is 2.36. The molecule has 7 rings (SSSR count). The zero-order valence-electron chi connectivity index (χ0n) is 27.7. The van der Waals surface area contributed by atoms with E-state index in [2.05, 4.69) is 66.1 Å². The van der Waals surface area contributed by atoms with Crippen LogP contribution in [0.25, 0.3) is 22.0 Å². The Hall–Kier alpha value is -4.81. The van der Waals surface area contributed by atoms with Gasteiger partial charge in [-0.25, -0.2) is 0 Å². The van der Waals surface area contributed by atoms with Crippen molar-refractivity contribution < 1.29 is 14.3 Å². The highest BCUT2D eigenvalue weighted by molar-refractivity contribution is 8.00. The molecule has 0 saturated heterocycles. The number of hydrogen-bond donors (Lipinski definition) is 0. The summed E-state index contributed by atoms with van der Waals surface area (Å²) in [5, 5.41) is 1.59.